The van der Waals surface area contributed by atoms with Crippen molar-refractivity contribution in [1.82, 2.24) is 19.2 Å². The fourth-order valence-electron chi connectivity index (χ4n) is 1.27. The highest BCUT2D eigenvalue weighted by Gasteiger charge is 2.09. The van der Waals surface area contributed by atoms with E-state index in [1.54, 1.807) is 0 Å². The first-order valence-corrected chi connectivity index (χ1v) is 3.96. The summed E-state index contributed by atoms with van der Waals surface area (Å²) in [6, 6.07) is 0. The summed E-state index contributed by atoms with van der Waals surface area (Å²) in [5.41, 5.74) is 2.17. The van der Waals surface area contributed by atoms with Crippen LogP contribution in [-0.4, -0.2) is 19.2 Å². The lowest BCUT2D eigenvalue weighted by Gasteiger charge is -1.89. The molecule has 0 saturated carbocycles. The Morgan fingerprint density at radius 2 is 1.83 bits per heavy atom. The van der Waals surface area contributed by atoms with Crippen LogP contribution in [0.2, 0.25) is 0 Å². The van der Waals surface area contributed by atoms with Gasteiger partial charge in [-0.3, -0.25) is 0 Å². The lowest BCUT2D eigenvalue weighted by Crippen LogP contribution is -1.91. The molecule has 0 N–H and O–H groups in total. The molecule has 4 heteroatoms. The summed E-state index contributed by atoms with van der Waals surface area (Å²) in [5.74, 6) is 1.91. The normalized spacial score (nSPS) is 11.3. The van der Waals surface area contributed by atoms with Crippen LogP contribution in [0.5, 0.6) is 0 Å². The van der Waals surface area contributed by atoms with Crippen molar-refractivity contribution in [3.05, 3.63) is 17.2 Å². The molecule has 2 rings (SSSR count). The van der Waals surface area contributed by atoms with Gasteiger partial charge in [-0.05, 0) is 20.8 Å². The third-order valence-corrected chi connectivity index (χ3v) is 2.33. The summed E-state index contributed by atoms with van der Waals surface area (Å²) in [4.78, 5) is 4.40. The number of rotatable bonds is 0. The summed E-state index contributed by atoms with van der Waals surface area (Å²) < 4.78 is 3.87. The van der Waals surface area contributed by atoms with E-state index >= 15 is 0 Å². The van der Waals surface area contributed by atoms with E-state index in [1.807, 2.05) is 36.9 Å². The number of imidazole rings is 1. The molecule has 0 radical (unpaired) electrons. The molecule has 0 fully saturated rings. The van der Waals surface area contributed by atoms with Crippen LogP contribution in [0.25, 0.3) is 5.78 Å². The minimum atomic E-state index is 0.919. The molecule has 0 atom stereocenters. The first-order valence-electron chi connectivity index (χ1n) is 3.96. The van der Waals surface area contributed by atoms with Crippen LogP contribution in [0, 0.1) is 20.8 Å². The van der Waals surface area contributed by atoms with E-state index in [0.29, 0.717) is 0 Å². The Balaban J connectivity index is 2.93. The number of hydrogen-bond donors (Lipinski definition) is 0. The fourth-order valence-corrected chi connectivity index (χ4v) is 1.27. The van der Waals surface area contributed by atoms with Crippen molar-refractivity contribution in [3.8, 4) is 0 Å². The molecule has 64 valence electrons. The van der Waals surface area contributed by atoms with Crippen LogP contribution >= 0.6 is 0 Å². The first-order chi connectivity index (χ1) is 5.61. The second-order valence-corrected chi connectivity index (χ2v) is 3.10. The predicted molar refractivity (Wildman–Crippen MR) is 46.2 cm³/mol. The van der Waals surface area contributed by atoms with Gasteiger partial charge in [0.1, 0.15) is 5.82 Å². The van der Waals surface area contributed by atoms with Gasteiger partial charge in [0.2, 0.25) is 5.78 Å². The molecule has 2 aromatic heterocycles. The topological polar surface area (TPSA) is 35.1 Å². The van der Waals surface area contributed by atoms with Gasteiger partial charge >= 0.3 is 0 Å². The smallest absolute Gasteiger partial charge is 0.232 e. The van der Waals surface area contributed by atoms with Crippen molar-refractivity contribution in [2.75, 3.05) is 0 Å². The third-order valence-electron chi connectivity index (χ3n) is 2.33. The number of nitrogens with zero attached hydrogens (tertiary/aromatic N) is 4. The zero-order valence-corrected chi connectivity index (χ0v) is 7.79. The van der Waals surface area contributed by atoms with E-state index in [0.717, 1.165) is 23.0 Å². The number of hydrogen-bond acceptors (Lipinski definition) is 2. The van der Waals surface area contributed by atoms with Gasteiger partial charge in [-0.15, -0.1) is 0 Å². The monoisotopic (exact) mass is 164 g/mol. The van der Waals surface area contributed by atoms with Crippen molar-refractivity contribution in [3.63, 3.8) is 0 Å². The van der Waals surface area contributed by atoms with E-state index in [1.165, 1.54) is 0 Å². The second kappa shape index (κ2) is 2.09. The van der Waals surface area contributed by atoms with E-state index < -0.39 is 0 Å². The lowest BCUT2D eigenvalue weighted by molar-refractivity contribution is 0.855. The predicted octanol–water partition coefficient (Wildman–Crippen LogP) is 0.993. The van der Waals surface area contributed by atoms with Gasteiger partial charge in [0.25, 0.3) is 0 Å². The third kappa shape index (κ3) is 0.719. The second-order valence-electron chi connectivity index (χ2n) is 3.10. The molecule has 4 nitrogen and oxygen atoms in total. The Kier molecular flexibility index (Phi) is 1.28. The largest absolute Gasteiger partial charge is 0.300 e. The molecule has 2 aromatic rings. The molecule has 0 aliphatic carbocycles. The minimum Gasteiger partial charge on any atom is -0.300 e. The molecule has 2 heterocycles. The summed E-state index contributed by atoms with van der Waals surface area (Å²) in [6.45, 7) is 6.00. The van der Waals surface area contributed by atoms with Gasteiger partial charge in [0.05, 0.1) is 11.4 Å². The minimum absolute atomic E-state index is 0.919. The number of aryl methyl sites for hydroxylation is 4. The molecule has 0 aliphatic heterocycles. The Morgan fingerprint density at radius 1 is 1.17 bits per heavy atom. The van der Waals surface area contributed by atoms with Crippen LogP contribution in [0.1, 0.15) is 17.2 Å². The highest BCUT2D eigenvalue weighted by atomic mass is 15.4. The van der Waals surface area contributed by atoms with Gasteiger partial charge in [0.15, 0.2) is 0 Å². The summed E-state index contributed by atoms with van der Waals surface area (Å²) in [7, 11) is 1.98. The molecule has 0 saturated heterocycles. The molecule has 0 aliphatic rings. The van der Waals surface area contributed by atoms with E-state index in [4.69, 9.17) is 0 Å². The standard InChI is InChI=1S/C8H12N4/c1-5-6(2)12-8(9-5)11(4)7(3)10-12/h1-4H3. The van der Waals surface area contributed by atoms with Crippen molar-refractivity contribution in [2.45, 2.75) is 20.8 Å². The molecular formula is C8H12N4. The summed E-state index contributed by atoms with van der Waals surface area (Å²) in [5, 5.41) is 4.35. The maximum absolute atomic E-state index is 4.40. The SMILES string of the molecule is Cc1nc2n(C)c(C)nn2c1C. The Labute approximate surface area is 70.8 Å². The molecule has 0 aromatic carbocycles. The Bertz CT molecular complexity index is 393. The summed E-state index contributed by atoms with van der Waals surface area (Å²) >= 11 is 0. The van der Waals surface area contributed by atoms with Gasteiger partial charge in [0, 0.05) is 7.05 Å². The van der Waals surface area contributed by atoms with Crippen molar-refractivity contribution in [1.29, 1.82) is 0 Å². The Morgan fingerprint density at radius 3 is 2.42 bits per heavy atom. The molecular weight excluding hydrogens is 152 g/mol. The van der Waals surface area contributed by atoms with Crippen LogP contribution in [0.15, 0.2) is 0 Å². The lowest BCUT2D eigenvalue weighted by atomic mass is 10.4. The summed E-state index contributed by atoms with van der Waals surface area (Å²) in [6.07, 6.45) is 0. The van der Waals surface area contributed by atoms with Crippen molar-refractivity contribution >= 4 is 5.78 Å². The van der Waals surface area contributed by atoms with Crippen LogP contribution in [-0.2, 0) is 7.05 Å². The Hall–Kier alpha value is -1.32. The zero-order chi connectivity index (χ0) is 8.88. The van der Waals surface area contributed by atoms with Crippen molar-refractivity contribution in [2.24, 2.45) is 7.05 Å². The molecule has 0 spiro atoms. The van der Waals surface area contributed by atoms with E-state index in [-0.39, 0.29) is 0 Å². The number of fused-ring (bicyclic) bond motifs is 1. The van der Waals surface area contributed by atoms with Gasteiger partial charge in [-0.1, -0.05) is 0 Å². The average Bonchev–Trinajstić information content (AvgIpc) is 2.43. The quantitative estimate of drug-likeness (QED) is 0.582. The highest BCUT2D eigenvalue weighted by Crippen LogP contribution is 2.10. The van der Waals surface area contributed by atoms with Gasteiger partial charge < -0.3 is 4.57 Å². The number of aromatic nitrogens is 4. The van der Waals surface area contributed by atoms with Gasteiger partial charge in [-0.25, -0.2) is 9.50 Å². The maximum atomic E-state index is 4.40. The van der Waals surface area contributed by atoms with Crippen LogP contribution in [0.4, 0.5) is 0 Å². The highest BCUT2D eigenvalue weighted by molar-refractivity contribution is 5.35. The molecule has 0 unspecified atom stereocenters. The average molecular weight is 164 g/mol. The van der Waals surface area contributed by atoms with E-state index in [2.05, 4.69) is 10.1 Å². The van der Waals surface area contributed by atoms with Crippen LogP contribution in [0.3, 0.4) is 0 Å². The maximum Gasteiger partial charge on any atom is 0.232 e. The fraction of sp³-hybridized carbons (Fsp3) is 0.500. The molecule has 0 amide bonds. The van der Waals surface area contributed by atoms with Crippen LogP contribution < -0.4 is 0 Å². The first kappa shape index (κ1) is 7.34. The molecule has 0 bridgehead atoms. The molecule has 12 heavy (non-hydrogen) atoms. The zero-order valence-electron chi connectivity index (χ0n) is 7.79. The van der Waals surface area contributed by atoms with Gasteiger partial charge in [-0.2, -0.15) is 5.10 Å². The van der Waals surface area contributed by atoms with Crippen molar-refractivity contribution < 1.29 is 0 Å². The van der Waals surface area contributed by atoms with E-state index in [9.17, 15) is 0 Å².